The van der Waals surface area contributed by atoms with Crippen molar-refractivity contribution in [3.05, 3.63) is 30.1 Å². The van der Waals surface area contributed by atoms with E-state index >= 15 is 0 Å². The molecule has 1 heterocycles. The van der Waals surface area contributed by atoms with Crippen LogP contribution in [0, 0.1) is 0 Å². The SMILES string of the molecule is CC(C)N(C)C(C)c1cccnc1. The highest BCUT2D eigenvalue weighted by atomic mass is 15.1. The molecule has 2 heteroatoms. The van der Waals surface area contributed by atoms with Crippen LogP contribution in [0.4, 0.5) is 0 Å². The van der Waals surface area contributed by atoms with E-state index in [-0.39, 0.29) is 0 Å². The molecule has 1 rings (SSSR count). The Hall–Kier alpha value is -0.890. The highest BCUT2D eigenvalue weighted by molar-refractivity contribution is 5.12. The van der Waals surface area contributed by atoms with Crippen molar-refractivity contribution in [2.45, 2.75) is 32.9 Å². The summed E-state index contributed by atoms with van der Waals surface area (Å²) in [5.74, 6) is 0. The van der Waals surface area contributed by atoms with Gasteiger partial charge in [0.2, 0.25) is 0 Å². The van der Waals surface area contributed by atoms with Crippen molar-refractivity contribution in [1.29, 1.82) is 0 Å². The van der Waals surface area contributed by atoms with E-state index in [1.807, 2.05) is 18.5 Å². The van der Waals surface area contributed by atoms with E-state index in [2.05, 4.69) is 43.8 Å². The van der Waals surface area contributed by atoms with E-state index < -0.39 is 0 Å². The zero-order valence-electron chi connectivity index (χ0n) is 8.86. The van der Waals surface area contributed by atoms with Gasteiger partial charge in [0.15, 0.2) is 0 Å². The van der Waals surface area contributed by atoms with E-state index in [1.165, 1.54) is 5.56 Å². The van der Waals surface area contributed by atoms with Gasteiger partial charge >= 0.3 is 0 Å². The monoisotopic (exact) mass is 178 g/mol. The van der Waals surface area contributed by atoms with Gasteiger partial charge in [0.1, 0.15) is 0 Å². The molecule has 0 aliphatic rings. The van der Waals surface area contributed by atoms with E-state index in [0.29, 0.717) is 12.1 Å². The number of hydrogen-bond acceptors (Lipinski definition) is 2. The molecule has 0 aliphatic carbocycles. The van der Waals surface area contributed by atoms with Gasteiger partial charge < -0.3 is 0 Å². The molecule has 0 N–H and O–H groups in total. The van der Waals surface area contributed by atoms with Crippen LogP contribution in [0.2, 0.25) is 0 Å². The Balaban J connectivity index is 2.73. The molecule has 0 bridgehead atoms. The first-order chi connectivity index (χ1) is 6.13. The molecular weight excluding hydrogens is 160 g/mol. The molecule has 1 aromatic heterocycles. The van der Waals surface area contributed by atoms with Crippen LogP contribution in [-0.4, -0.2) is 23.0 Å². The lowest BCUT2D eigenvalue weighted by atomic mass is 10.1. The molecule has 72 valence electrons. The molecule has 1 atom stereocenters. The Labute approximate surface area is 80.6 Å². The molecule has 0 fully saturated rings. The number of pyridine rings is 1. The van der Waals surface area contributed by atoms with E-state index in [4.69, 9.17) is 0 Å². The quantitative estimate of drug-likeness (QED) is 0.707. The summed E-state index contributed by atoms with van der Waals surface area (Å²) in [5, 5.41) is 0. The lowest BCUT2D eigenvalue weighted by molar-refractivity contribution is 0.210. The first-order valence-corrected chi connectivity index (χ1v) is 4.74. The van der Waals surface area contributed by atoms with Gasteiger partial charge in [0.05, 0.1) is 0 Å². The first kappa shape index (κ1) is 10.2. The Bertz CT molecular complexity index is 244. The average Bonchev–Trinajstić information content (AvgIpc) is 2.17. The van der Waals surface area contributed by atoms with Crippen LogP contribution in [0.25, 0.3) is 0 Å². The van der Waals surface area contributed by atoms with E-state index in [9.17, 15) is 0 Å². The highest BCUT2D eigenvalue weighted by Crippen LogP contribution is 2.18. The molecule has 0 aliphatic heterocycles. The van der Waals surface area contributed by atoms with E-state index in [1.54, 1.807) is 0 Å². The third kappa shape index (κ3) is 2.52. The maximum absolute atomic E-state index is 4.12. The van der Waals surface area contributed by atoms with Crippen molar-refractivity contribution in [3.8, 4) is 0 Å². The molecular formula is C11H18N2. The molecule has 1 aromatic rings. The minimum absolute atomic E-state index is 0.439. The van der Waals surface area contributed by atoms with Crippen LogP contribution in [0.5, 0.6) is 0 Å². The Kier molecular flexibility index (Phi) is 3.43. The predicted octanol–water partition coefficient (Wildman–Crippen LogP) is 2.48. The van der Waals surface area contributed by atoms with Crippen LogP contribution in [0.3, 0.4) is 0 Å². The van der Waals surface area contributed by atoms with Gasteiger partial charge in [0.25, 0.3) is 0 Å². The van der Waals surface area contributed by atoms with Gasteiger partial charge in [-0.1, -0.05) is 6.07 Å². The van der Waals surface area contributed by atoms with Crippen molar-refractivity contribution >= 4 is 0 Å². The average molecular weight is 178 g/mol. The van der Waals surface area contributed by atoms with Crippen LogP contribution in [0.1, 0.15) is 32.4 Å². The van der Waals surface area contributed by atoms with Crippen LogP contribution >= 0.6 is 0 Å². The summed E-state index contributed by atoms with van der Waals surface area (Å²) < 4.78 is 0. The minimum Gasteiger partial charge on any atom is -0.297 e. The summed E-state index contributed by atoms with van der Waals surface area (Å²) >= 11 is 0. The van der Waals surface area contributed by atoms with Crippen molar-refractivity contribution < 1.29 is 0 Å². The standard InChI is InChI=1S/C11H18N2/c1-9(2)13(4)10(3)11-6-5-7-12-8-11/h5-10H,1-4H3. The van der Waals surface area contributed by atoms with Gasteiger partial charge in [0, 0.05) is 24.5 Å². The summed E-state index contributed by atoms with van der Waals surface area (Å²) in [4.78, 5) is 6.45. The topological polar surface area (TPSA) is 16.1 Å². The molecule has 0 aromatic carbocycles. The summed E-state index contributed by atoms with van der Waals surface area (Å²) in [5.41, 5.74) is 1.28. The van der Waals surface area contributed by atoms with Crippen molar-refractivity contribution in [2.24, 2.45) is 0 Å². The van der Waals surface area contributed by atoms with Gasteiger partial charge in [-0.05, 0) is 39.4 Å². The lowest BCUT2D eigenvalue weighted by Crippen LogP contribution is -2.29. The maximum Gasteiger partial charge on any atom is 0.0334 e. The van der Waals surface area contributed by atoms with Gasteiger partial charge in [-0.15, -0.1) is 0 Å². The zero-order chi connectivity index (χ0) is 9.84. The van der Waals surface area contributed by atoms with Crippen molar-refractivity contribution in [1.82, 2.24) is 9.88 Å². The second-order valence-electron chi connectivity index (χ2n) is 3.72. The second-order valence-corrected chi connectivity index (χ2v) is 3.72. The Morgan fingerprint density at radius 1 is 1.31 bits per heavy atom. The molecule has 2 nitrogen and oxygen atoms in total. The smallest absolute Gasteiger partial charge is 0.0334 e. The van der Waals surface area contributed by atoms with Crippen molar-refractivity contribution in [2.75, 3.05) is 7.05 Å². The summed E-state index contributed by atoms with van der Waals surface area (Å²) in [7, 11) is 2.14. The largest absolute Gasteiger partial charge is 0.297 e. The fourth-order valence-corrected chi connectivity index (χ4v) is 1.31. The molecule has 0 amide bonds. The summed E-state index contributed by atoms with van der Waals surface area (Å²) in [6, 6.07) is 5.11. The fraction of sp³-hybridized carbons (Fsp3) is 0.545. The Morgan fingerprint density at radius 2 is 2.00 bits per heavy atom. The molecule has 0 radical (unpaired) electrons. The number of aromatic nitrogens is 1. The molecule has 0 spiro atoms. The van der Waals surface area contributed by atoms with Crippen LogP contribution in [-0.2, 0) is 0 Å². The van der Waals surface area contributed by atoms with Crippen LogP contribution < -0.4 is 0 Å². The zero-order valence-corrected chi connectivity index (χ0v) is 8.86. The molecule has 13 heavy (non-hydrogen) atoms. The Morgan fingerprint density at radius 3 is 2.46 bits per heavy atom. The second kappa shape index (κ2) is 4.38. The summed E-state index contributed by atoms with van der Waals surface area (Å²) in [6.07, 6.45) is 3.75. The summed E-state index contributed by atoms with van der Waals surface area (Å²) in [6.45, 7) is 6.61. The third-order valence-electron chi connectivity index (χ3n) is 2.59. The number of hydrogen-bond donors (Lipinski definition) is 0. The number of nitrogens with zero attached hydrogens (tertiary/aromatic N) is 2. The normalized spacial score (nSPS) is 13.7. The molecule has 0 saturated carbocycles. The first-order valence-electron chi connectivity index (χ1n) is 4.74. The number of rotatable bonds is 3. The van der Waals surface area contributed by atoms with Gasteiger partial charge in [-0.3, -0.25) is 9.88 Å². The fourth-order valence-electron chi connectivity index (χ4n) is 1.31. The highest BCUT2D eigenvalue weighted by Gasteiger charge is 2.13. The van der Waals surface area contributed by atoms with Gasteiger partial charge in [-0.2, -0.15) is 0 Å². The molecule has 0 saturated heterocycles. The minimum atomic E-state index is 0.439. The maximum atomic E-state index is 4.12. The third-order valence-corrected chi connectivity index (χ3v) is 2.59. The molecule has 1 unspecified atom stereocenters. The van der Waals surface area contributed by atoms with Crippen LogP contribution in [0.15, 0.2) is 24.5 Å². The van der Waals surface area contributed by atoms with Gasteiger partial charge in [-0.25, -0.2) is 0 Å². The van der Waals surface area contributed by atoms with E-state index in [0.717, 1.165) is 0 Å². The predicted molar refractivity (Wildman–Crippen MR) is 55.6 cm³/mol. The lowest BCUT2D eigenvalue weighted by Gasteiger charge is -2.28. The van der Waals surface area contributed by atoms with Crippen molar-refractivity contribution in [3.63, 3.8) is 0 Å².